The molecule has 0 bridgehead atoms. The molecule has 2 aliphatic rings. The molecule has 0 spiro atoms. The summed E-state index contributed by atoms with van der Waals surface area (Å²) in [4.78, 5) is 9.27. The number of sulfone groups is 1. The number of hydrogen-bond acceptors (Lipinski definition) is 4. The number of rotatable bonds is 4. The fourth-order valence-electron chi connectivity index (χ4n) is 3.52. The molecule has 1 aromatic rings. The summed E-state index contributed by atoms with van der Waals surface area (Å²) in [5.74, 6) is 1.62. The highest BCUT2D eigenvalue weighted by atomic mass is 127. The quantitative estimate of drug-likeness (QED) is 0.371. The van der Waals surface area contributed by atoms with Gasteiger partial charge in [0, 0.05) is 39.3 Å². The van der Waals surface area contributed by atoms with E-state index in [0.717, 1.165) is 55.8 Å². The lowest BCUT2D eigenvalue weighted by atomic mass is 10.1. The third-order valence-electron chi connectivity index (χ3n) is 4.93. The second kappa shape index (κ2) is 10.2. The molecule has 0 saturated carbocycles. The molecule has 2 saturated heterocycles. The van der Waals surface area contributed by atoms with E-state index in [0.29, 0.717) is 12.3 Å². The predicted molar refractivity (Wildman–Crippen MR) is 123 cm³/mol. The Morgan fingerprint density at radius 1 is 1.26 bits per heavy atom. The third-order valence-corrected chi connectivity index (χ3v) is 7.09. The summed E-state index contributed by atoms with van der Waals surface area (Å²) in [6.07, 6.45) is 0.728. The van der Waals surface area contributed by atoms with E-state index in [4.69, 9.17) is 16.6 Å². The Kier molecular flexibility index (Phi) is 8.48. The summed E-state index contributed by atoms with van der Waals surface area (Å²) >= 11 is 6.31. The minimum atomic E-state index is -2.84. The Balaban J connectivity index is 0.00000261. The van der Waals surface area contributed by atoms with Crippen LogP contribution >= 0.6 is 35.6 Å². The molecule has 27 heavy (non-hydrogen) atoms. The van der Waals surface area contributed by atoms with Crippen molar-refractivity contribution in [2.24, 2.45) is 10.9 Å². The Bertz CT molecular complexity index is 751. The van der Waals surface area contributed by atoms with Crippen LogP contribution in [0.1, 0.15) is 13.3 Å². The van der Waals surface area contributed by atoms with Gasteiger partial charge in [0.1, 0.15) is 0 Å². The van der Waals surface area contributed by atoms with Crippen molar-refractivity contribution in [3.05, 3.63) is 29.3 Å². The second-order valence-corrected chi connectivity index (χ2v) is 9.53. The van der Waals surface area contributed by atoms with Gasteiger partial charge >= 0.3 is 0 Å². The number of nitrogens with one attached hydrogen (secondary N) is 1. The Morgan fingerprint density at radius 3 is 2.56 bits per heavy atom. The monoisotopic (exact) mass is 526 g/mol. The van der Waals surface area contributed by atoms with E-state index in [1.807, 2.05) is 18.2 Å². The largest absolute Gasteiger partial charge is 0.367 e. The summed E-state index contributed by atoms with van der Waals surface area (Å²) < 4.78 is 23.2. The molecule has 2 fully saturated rings. The molecule has 1 atom stereocenters. The van der Waals surface area contributed by atoms with Crippen LogP contribution in [-0.4, -0.2) is 70.1 Å². The van der Waals surface area contributed by atoms with Gasteiger partial charge in [-0.3, -0.25) is 4.99 Å². The van der Waals surface area contributed by atoms with Gasteiger partial charge in [-0.1, -0.05) is 23.7 Å². The van der Waals surface area contributed by atoms with E-state index < -0.39 is 9.84 Å². The average Bonchev–Trinajstić information content (AvgIpc) is 2.98. The summed E-state index contributed by atoms with van der Waals surface area (Å²) in [5, 5.41) is 4.13. The lowest BCUT2D eigenvalue weighted by Gasteiger charge is -2.38. The molecule has 1 N–H and O–H groups in total. The number of halogens is 2. The van der Waals surface area contributed by atoms with E-state index in [9.17, 15) is 8.42 Å². The van der Waals surface area contributed by atoms with E-state index >= 15 is 0 Å². The SMILES string of the molecule is CCNC(=NCC1CCS(=O)(=O)C1)N1CCN(c2ccccc2Cl)CC1.I. The number of guanidine groups is 1. The van der Waals surface area contributed by atoms with Crippen LogP contribution in [0.25, 0.3) is 0 Å². The minimum Gasteiger partial charge on any atom is -0.367 e. The zero-order valence-electron chi connectivity index (χ0n) is 15.6. The van der Waals surface area contributed by atoms with Crippen LogP contribution in [0.15, 0.2) is 29.3 Å². The number of para-hydroxylation sites is 1. The van der Waals surface area contributed by atoms with Gasteiger partial charge in [0.2, 0.25) is 0 Å². The predicted octanol–water partition coefficient (Wildman–Crippen LogP) is 2.48. The van der Waals surface area contributed by atoms with Crippen LogP contribution in [0.2, 0.25) is 5.02 Å². The zero-order chi connectivity index (χ0) is 18.6. The zero-order valence-corrected chi connectivity index (χ0v) is 19.5. The number of hydrogen-bond donors (Lipinski definition) is 1. The molecule has 152 valence electrons. The number of anilines is 1. The first-order chi connectivity index (χ1) is 12.5. The van der Waals surface area contributed by atoms with Crippen molar-refractivity contribution in [3.8, 4) is 0 Å². The van der Waals surface area contributed by atoms with Gasteiger partial charge in [-0.2, -0.15) is 0 Å². The van der Waals surface area contributed by atoms with Crippen molar-refractivity contribution in [1.29, 1.82) is 0 Å². The van der Waals surface area contributed by atoms with E-state index in [1.165, 1.54) is 0 Å². The molecule has 0 radical (unpaired) electrons. The fraction of sp³-hybridized carbons (Fsp3) is 0.611. The maximum Gasteiger partial charge on any atom is 0.194 e. The number of piperazine rings is 1. The molecule has 3 rings (SSSR count). The Morgan fingerprint density at radius 2 is 1.96 bits per heavy atom. The number of nitrogens with zero attached hydrogens (tertiary/aromatic N) is 3. The highest BCUT2D eigenvalue weighted by Gasteiger charge is 2.28. The van der Waals surface area contributed by atoms with Crippen molar-refractivity contribution < 1.29 is 8.42 Å². The smallest absolute Gasteiger partial charge is 0.194 e. The molecule has 9 heteroatoms. The second-order valence-electron chi connectivity index (χ2n) is 6.89. The van der Waals surface area contributed by atoms with Gasteiger partial charge in [-0.05, 0) is 31.4 Å². The van der Waals surface area contributed by atoms with Crippen LogP contribution in [0, 0.1) is 5.92 Å². The summed E-state index contributed by atoms with van der Waals surface area (Å²) in [5.41, 5.74) is 1.08. The molecular weight excluding hydrogens is 499 g/mol. The minimum absolute atomic E-state index is 0. The van der Waals surface area contributed by atoms with Crippen molar-refractivity contribution in [2.45, 2.75) is 13.3 Å². The van der Waals surface area contributed by atoms with Gasteiger partial charge in [-0.25, -0.2) is 8.42 Å². The summed E-state index contributed by atoms with van der Waals surface area (Å²) in [6.45, 7) is 6.91. The first-order valence-electron chi connectivity index (χ1n) is 9.21. The summed E-state index contributed by atoms with van der Waals surface area (Å²) in [7, 11) is -2.84. The van der Waals surface area contributed by atoms with Crippen LogP contribution in [0.4, 0.5) is 5.69 Å². The van der Waals surface area contributed by atoms with E-state index in [2.05, 4.69) is 28.1 Å². The maximum absolute atomic E-state index is 11.6. The molecule has 1 unspecified atom stereocenters. The van der Waals surface area contributed by atoms with E-state index in [-0.39, 0.29) is 35.6 Å². The van der Waals surface area contributed by atoms with Crippen molar-refractivity contribution in [1.82, 2.24) is 10.2 Å². The first-order valence-corrected chi connectivity index (χ1v) is 11.4. The highest BCUT2D eigenvalue weighted by Crippen LogP contribution is 2.26. The Hall–Kier alpha value is -0.740. The van der Waals surface area contributed by atoms with Crippen molar-refractivity contribution >= 4 is 57.1 Å². The number of aliphatic imine (C=N–C) groups is 1. The van der Waals surface area contributed by atoms with Gasteiger partial charge in [0.15, 0.2) is 15.8 Å². The normalized spacial score (nSPS) is 22.4. The molecule has 2 heterocycles. The van der Waals surface area contributed by atoms with Gasteiger partial charge < -0.3 is 15.1 Å². The summed E-state index contributed by atoms with van der Waals surface area (Å²) in [6, 6.07) is 7.93. The van der Waals surface area contributed by atoms with Crippen molar-refractivity contribution in [3.63, 3.8) is 0 Å². The van der Waals surface area contributed by atoms with Gasteiger partial charge in [0.25, 0.3) is 0 Å². The van der Waals surface area contributed by atoms with Crippen LogP contribution in [0.5, 0.6) is 0 Å². The lowest BCUT2D eigenvalue weighted by molar-refractivity contribution is 0.371. The van der Waals surface area contributed by atoms with Crippen molar-refractivity contribution in [2.75, 3.05) is 55.7 Å². The molecule has 2 aliphatic heterocycles. The fourth-order valence-corrected chi connectivity index (χ4v) is 5.63. The molecule has 0 aromatic heterocycles. The first kappa shape index (κ1) is 22.5. The topological polar surface area (TPSA) is 65.0 Å². The van der Waals surface area contributed by atoms with Gasteiger partial charge in [0.05, 0.1) is 22.2 Å². The highest BCUT2D eigenvalue weighted by molar-refractivity contribution is 14.0. The third kappa shape index (κ3) is 6.12. The molecular formula is C18H28ClIN4O2S. The molecule has 1 aromatic carbocycles. The Labute approximate surface area is 184 Å². The lowest BCUT2D eigenvalue weighted by Crippen LogP contribution is -2.52. The van der Waals surface area contributed by atoms with Crippen LogP contribution in [-0.2, 0) is 9.84 Å². The van der Waals surface area contributed by atoms with Crippen LogP contribution < -0.4 is 10.2 Å². The van der Waals surface area contributed by atoms with E-state index in [1.54, 1.807) is 0 Å². The standard InChI is InChI=1S/C18H27ClN4O2S.HI/c1-2-20-18(21-13-15-7-12-26(24,25)14-15)23-10-8-22(9-11-23)17-6-4-3-5-16(17)19;/h3-6,15H,2,7-14H2,1H3,(H,20,21);1H. The molecule has 0 aliphatic carbocycles. The number of benzene rings is 1. The average molecular weight is 527 g/mol. The van der Waals surface area contributed by atoms with Gasteiger partial charge in [-0.15, -0.1) is 24.0 Å². The molecule has 6 nitrogen and oxygen atoms in total. The molecule has 0 amide bonds. The van der Waals surface area contributed by atoms with Crippen LogP contribution in [0.3, 0.4) is 0 Å². The maximum atomic E-state index is 11.6.